The Bertz CT molecular complexity index is 847. The Morgan fingerprint density at radius 3 is 2.80 bits per heavy atom. The molecule has 0 aliphatic carbocycles. The third kappa shape index (κ3) is 3.48. The van der Waals surface area contributed by atoms with Crippen molar-refractivity contribution in [3.63, 3.8) is 0 Å². The van der Waals surface area contributed by atoms with Gasteiger partial charge in [0.15, 0.2) is 0 Å². The number of aromatic nitrogens is 1. The van der Waals surface area contributed by atoms with Crippen LogP contribution in [0.15, 0.2) is 47.3 Å². The molecule has 1 saturated heterocycles. The highest BCUT2D eigenvalue weighted by atomic mass is 32.1. The van der Waals surface area contributed by atoms with Crippen molar-refractivity contribution in [2.24, 2.45) is 0 Å². The molecule has 3 aromatic rings. The molecule has 5 heteroatoms. The van der Waals surface area contributed by atoms with Crippen molar-refractivity contribution in [2.75, 3.05) is 26.2 Å². The maximum atomic E-state index is 12.6. The second-order valence-corrected chi connectivity index (χ2v) is 7.51. The van der Waals surface area contributed by atoms with E-state index in [2.05, 4.69) is 45.8 Å². The van der Waals surface area contributed by atoms with Crippen LogP contribution in [0.2, 0.25) is 0 Å². The first-order valence-electron chi connectivity index (χ1n) is 8.80. The van der Waals surface area contributed by atoms with E-state index < -0.39 is 0 Å². The molecule has 1 aliphatic rings. The van der Waals surface area contributed by atoms with Crippen molar-refractivity contribution in [3.8, 4) is 0 Å². The van der Waals surface area contributed by atoms with Crippen LogP contribution in [0.3, 0.4) is 0 Å². The van der Waals surface area contributed by atoms with Gasteiger partial charge in [0.05, 0.1) is 6.42 Å². The fraction of sp³-hybridized carbons (Fsp3) is 0.350. The molecule has 0 spiro atoms. The van der Waals surface area contributed by atoms with Crippen molar-refractivity contribution in [1.29, 1.82) is 0 Å². The number of aromatic amines is 1. The predicted octanol–water partition coefficient (Wildman–Crippen LogP) is 3.68. The van der Waals surface area contributed by atoms with Gasteiger partial charge in [-0.1, -0.05) is 6.07 Å². The minimum atomic E-state index is 0.234. The lowest BCUT2D eigenvalue weighted by atomic mass is 10.1. The molecule has 1 amide bonds. The molecule has 0 saturated carbocycles. The maximum Gasteiger partial charge on any atom is 0.227 e. The highest BCUT2D eigenvalue weighted by Crippen LogP contribution is 2.24. The van der Waals surface area contributed by atoms with Crippen LogP contribution in [0.4, 0.5) is 0 Å². The number of nitrogens with zero attached hydrogens (tertiary/aromatic N) is 2. The number of thiophene rings is 1. The Morgan fingerprint density at radius 1 is 1.20 bits per heavy atom. The Labute approximate surface area is 152 Å². The first kappa shape index (κ1) is 16.4. The van der Waals surface area contributed by atoms with E-state index in [0.717, 1.165) is 37.3 Å². The van der Waals surface area contributed by atoms with Gasteiger partial charge in [-0.05, 0) is 58.5 Å². The van der Waals surface area contributed by atoms with Crippen molar-refractivity contribution in [3.05, 3.63) is 58.4 Å². The van der Waals surface area contributed by atoms with Gasteiger partial charge in [0.1, 0.15) is 0 Å². The van der Waals surface area contributed by atoms with Crippen LogP contribution in [-0.4, -0.2) is 46.9 Å². The van der Waals surface area contributed by atoms with Gasteiger partial charge < -0.3 is 9.88 Å². The van der Waals surface area contributed by atoms with Gasteiger partial charge in [0.25, 0.3) is 0 Å². The van der Waals surface area contributed by atoms with Crippen LogP contribution in [0.25, 0.3) is 10.9 Å². The number of fused-ring (bicyclic) bond motifs is 1. The monoisotopic (exact) mass is 353 g/mol. The number of hydrogen-bond donors (Lipinski definition) is 1. The topological polar surface area (TPSA) is 39.3 Å². The van der Waals surface area contributed by atoms with Gasteiger partial charge in [0.2, 0.25) is 5.91 Å². The third-order valence-corrected chi connectivity index (χ3v) is 5.91. The summed E-state index contributed by atoms with van der Waals surface area (Å²) in [7, 11) is 0. The van der Waals surface area contributed by atoms with Gasteiger partial charge in [-0.3, -0.25) is 9.69 Å². The summed E-state index contributed by atoms with van der Waals surface area (Å²) in [4.78, 5) is 20.3. The Kier molecular flexibility index (Phi) is 4.59. The summed E-state index contributed by atoms with van der Waals surface area (Å²) < 4.78 is 0. The summed E-state index contributed by atoms with van der Waals surface area (Å²) in [5.74, 6) is 0.234. The average Bonchev–Trinajstić information content (AvgIpc) is 3.32. The quantitative estimate of drug-likeness (QED) is 0.777. The summed E-state index contributed by atoms with van der Waals surface area (Å²) in [6.07, 6.45) is 2.42. The molecule has 25 heavy (non-hydrogen) atoms. The lowest BCUT2D eigenvalue weighted by Gasteiger charge is -2.38. The lowest BCUT2D eigenvalue weighted by Crippen LogP contribution is -2.49. The number of carbonyl (C=O) groups is 1. The van der Waals surface area contributed by atoms with E-state index in [0.29, 0.717) is 12.5 Å². The van der Waals surface area contributed by atoms with E-state index in [4.69, 9.17) is 0 Å². The fourth-order valence-corrected chi connectivity index (χ4v) is 4.33. The Hall–Kier alpha value is -2.11. The van der Waals surface area contributed by atoms with Crippen LogP contribution >= 0.6 is 11.3 Å². The molecule has 1 unspecified atom stereocenters. The predicted molar refractivity (Wildman–Crippen MR) is 103 cm³/mol. The first-order valence-corrected chi connectivity index (χ1v) is 9.75. The third-order valence-electron chi connectivity index (χ3n) is 5.21. The average molecular weight is 353 g/mol. The Balaban J connectivity index is 1.34. The van der Waals surface area contributed by atoms with Crippen molar-refractivity contribution in [2.45, 2.75) is 19.4 Å². The number of rotatable bonds is 4. The first-order chi connectivity index (χ1) is 12.2. The summed E-state index contributed by atoms with van der Waals surface area (Å²) in [6.45, 7) is 5.78. The highest BCUT2D eigenvalue weighted by molar-refractivity contribution is 7.07. The van der Waals surface area contributed by atoms with Crippen molar-refractivity contribution >= 4 is 28.1 Å². The van der Waals surface area contributed by atoms with Gasteiger partial charge in [-0.25, -0.2) is 0 Å². The number of nitrogens with one attached hydrogen (secondary N) is 1. The molecule has 2 aromatic heterocycles. The van der Waals surface area contributed by atoms with Gasteiger partial charge in [0, 0.05) is 43.9 Å². The van der Waals surface area contributed by atoms with Crippen LogP contribution < -0.4 is 0 Å². The van der Waals surface area contributed by atoms with Crippen LogP contribution in [0.5, 0.6) is 0 Å². The maximum absolute atomic E-state index is 12.6. The zero-order chi connectivity index (χ0) is 17.2. The molecule has 1 atom stereocenters. The van der Waals surface area contributed by atoms with E-state index in [1.54, 1.807) is 11.3 Å². The molecule has 4 rings (SSSR count). The number of amides is 1. The number of carbonyl (C=O) groups excluding carboxylic acids is 1. The number of benzene rings is 1. The van der Waals surface area contributed by atoms with Gasteiger partial charge in [-0.2, -0.15) is 11.3 Å². The molecule has 130 valence electrons. The van der Waals surface area contributed by atoms with Crippen LogP contribution in [0, 0.1) is 0 Å². The Morgan fingerprint density at radius 2 is 2.04 bits per heavy atom. The molecule has 1 aromatic carbocycles. The van der Waals surface area contributed by atoms with Gasteiger partial charge in [-0.15, -0.1) is 0 Å². The number of piperazine rings is 1. The number of H-pyrrole nitrogens is 1. The highest BCUT2D eigenvalue weighted by Gasteiger charge is 2.24. The number of hydrogen-bond acceptors (Lipinski definition) is 3. The second-order valence-electron chi connectivity index (χ2n) is 6.73. The minimum absolute atomic E-state index is 0.234. The smallest absolute Gasteiger partial charge is 0.227 e. The standard InChI is InChI=1S/C20H23N3OS/c1-15(18-5-11-25-14-18)22-7-9-23(10-8-22)20(24)13-16-2-3-19-17(12-16)4-6-21-19/h2-6,11-12,14-15,21H,7-10,13H2,1H3. The summed E-state index contributed by atoms with van der Waals surface area (Å²) >= 11 is 1.75. The van der Waals surface area contributed by atoms with Crippen molar-refractivity contribution in [1.82, 2.24) is 14.8 Å². The SMILES string of the molecule is CC(c1ccsc1)N1CCN(C(=O)Cc2ccc3[nH]ccc3c2)CC1. The van der Waals surface area contributed by atoms with E-state index in [-0.39, 0.29) is 5.91 Å². The summed E-state index contributed by atoms with van der Waals surface area (Å²) in [6, 6.07) is 10.9. The van der Waals surface area contributed by atoms with Gasteiger partial charge >= 0.3 is 0 Å². The molecule has 1 aliphatic heterocycles. The molecule has 0 bridgehead atoms. The zero-order valence-corrected chi connectivity index (χ0v) is 15.3. The molecule has 3 heterocycles. The fourth-order valence-electron chi connectivity index (χ4n) is 3.58. The molecule has 0 radical (unpaired) electrons. The van der Waals surface area contributed by atoms with Crippen molar-refractivity contribution < 1.29 is 4.79 Å². The summed E-state index contributed by atoms with van der Waals surface area (Å²) in [5.41, 5.74) is 3.59. The van der Waals surface area contributed by atoms with Crippen LogP contribution in [0.1, 0.15) is 24.1 Å². The van der Waals surface area contributed by atoms with E-state index >= 15 is 0 Å². The molecular weight excluding hydrogens is 330 g/mol. The van der Waals surface area contributed by atoms with E-state index in [1.807, 2.05) is 23.2 Å². The second kappa shape index (κ2) is 7.02. The molecular formula is C20H23N3OS. The largest absolute Gasteiger partial charge is 0.361 e. The molecule has 1 N–H and O–H groups in total. The normalized spacial score (nSPS) is 17.1. The lowest BCUT2D eigenvalue weighted by molar-refractivity contribution is -0.132. The van der Waals surface area contributed by atoms with Crippen LogP contribution in [-0.2, 0) is 11.2 Å². The molecule has 1 fully saturated rings. The zero-order valence-electron chi connectivity index (χ0n) is 14.4. The summed E-state index contributed by atoms with van der Waals surface area (Å²) in [5, 5.41) is 5.52. The van der Waals surface area contributed by atoms with E-state index in [1.165, 1.54) is 10.9 Å². The molecule has 4 nitrogen and oxygen atoms in total. The van der Waals surface area contributed by atoms with E-state index in [9.17, 15) is 4.79 Å². The minimum Gasteiger partial charge on any atom is -0.361 e.